The van der Waals surface area contributed by atoms with Gasteiger partial charge in [-0.1, -0.05) is 11.6 Å². The Bertz CT molecular complexity index is 1540. The monoisotopic (exact) mass is 435 g/mol. The second-order valence-corrected chi connectivity index (χ2v) is 7.38. The molecule has 0 saturated heterocycles. The molecule has 0 amide bonds. The number of halogens is 2. The number of aryl methyl sites for hydroxylation is 1. The Labute approximate surface area is 179 Å². The van der Waals surface area contributed by atoms with E-state index in [0.717, 1.165) is 0 Å². The van der Waals surface area contributed by atoms with Gasteiger partial charge in [0.05, 0.1) is 35.1 Å². The van der Waals surface area contributed by atoms with Crippen molar-refractivity contribution in [3.05, 3.63) is 69.6 Å². The first-order chi connectivity index (χ1) is 14.9. The number of benzene rings is 1. The SMILES string of the molecule is COc1ccc(F)cc1-c1nccc2[nH]c(=O)c(-c3nc4c(C)nc(Cl)cc4[nH]3)cc12. The Morgan fingerprint density at radius 1 is 1.03 bits per heavy atom. The van der Waals surface area contributed by atoms with E-state index in [9.17, 15) is 9.18 Å². The van der Waals surface area contributed by atoms with E-state index in [1.807, 2.05) is 0 Å². The predicted octanol–water partition coefficient (Wildman–Crippen LogP) is 4.64. The second kappa shape index (κ2) is 7.17. The van der Waals surface area contributed by atoms with Crippen molar-refractivity contribution in [3.8, 4) is 28.4 Å². The van der Waals surface area contributed by atoms with Gasteiger partial charge in [-0.3, -0.25) is 9.78 Å². The molecule has 0 aliphatic heterocycles. The van der Waals surface area contributed by atoms with Gasteiger partial charge in [0.15, 0.2) is 0 Å². The van der Waals surface area contributed by atoms with Gasteiger partial charge in [-0.15, -0.1) is 0 Å². The van der Waals surface area contributed by atoms with E-state index in [-0.39, 0.29) is 5.56 Å². The Kier molecular flexibility index (Phi) is 4.44. The number of H-pyrrole nitrogens is 2. The third kappa shape index (κ3) is 3.21. The van der Waals surface area contributed by atoms with Crippen LogP contribution >= 0.6 is 11.6 Å². The molecular formula is C22H15ClFN5O2. The van der Waals surface area contributed by atoms with E-state index >= 15 is 0 Å². The van der Waals surface area contributed by atoms with Crippen LogP contribution in [0.3, 0.4) is 0 Å². The largest absolute Gasteiger partial charge is 0.496 e. The fourth-order valence-corrected chi connectivity index (χ4v) is 3.88. The summed E-state index contributed by atoms with van der Waals surface area (Å²) in [6.07, 6.45) is 1.55. The quantitative estimate of drug-likeness (QED) is 0.402. The van der Waals surface area contributed by atoms with Crippen molar-refractivity contribution in [1.82, 2.24) is 24.9 Å². The number of fused-ring (bicyclic) bond motifs is 2. The minimum absolute atomic E-state index is 0.309. The van der Waals surface area contributed by atoms with Crippen LogP contribution in [0.1, 0.15) is 5.69 Å². The summed E-state index contributed by atoms with van der Waals surface area (Å²) in [6.45, 7) is 1.79. The third-order valence-corrected chi connectivity index (χ3v) is 5.25. The summed E-state index contributed by atoms with van der Waals surface area (Å²) in [5.74, 6) is 0.414. The van der Waals surface area contributed by atoms with Crippen LogP contribution in [0.2, 0.25) is 5.15 Å². The van der Waals surface area contributed by atoms with Gasteiger partial charge in [0.25, 0.3) is 5.56 Å². The Morgan fingerprint density at radius 2 is 1.87 bits per heavy atom. The fraction of sp³-hybridized carbons (Fsp3) is 0.0909. The van der Waals surface area contributed by atoms with Gasteiger partial charge in [0, 0.05) is 23.2 Å². The number of nitrogens with one attached hydrogen (secondary N) is 2. The average molecular weight is 436 g/mol. The first-order valence-electron chi connectivity index (χ1n) is 9.34. The molecule has 1 aromatic carbocycles. The molecule has 2 N–H and O–H groups in total. The number of ether oxygens (including phenoxy) is 1. The number of imidazole rings is 1. The molecule has 154 valence electrons. The normalized spacial score (nSPS) is 11.4. The fourth-order valence-electron chi connectivity index (χ4n) is 3.64. The molecule has 0 unspecified atom stereocenters. The highest BCUT2D eigenvalue weighted by Gasteiger charge is 2.17. The van der Waals surface area contributed by atoms with Gasteiger partial charge < -0.3 is 14.7 Å². The van der Waals surface area contributed by atoms with Gasteiger partial charge in [0.1, 0.15) is 28.1 Å². The number of aromatic nitrogens is 5. The van der Waals surface area contributed by atoms with E-state index in [1.54, 1.807) is 31.3 Å². The topological polar surface area (TPSA) is 96.6 Å². The summed E-state index contributed by atoms with van der Waals surface area (Å²) >= 11 is 6.04. The van der Waals surface area contributed by atoms with Crippen molar-refractivity contribution in [2.75, 3.05) is 7.11 Å². The number of nitrogens with zero attached hydrogens (tertiary/aromatic N) is 3. The van der Waals surface area contributed by atoms with Crippen molar-refractivity contribution < 1.29 is 9.13 Å². The number of rotatable bonds is 3. The molecule has 0 atom stereocenters. The molecule has 0 saturated carbocycles. The Hall–Kier alpha value is -3.78. The number of pyridine rings is 3. The molecule has 31 heavy (non-hydrogen) atoms. The number of hydrogen-bond donors (Lipinski definition) is 2. The van der Waals surface area contributed by atoms with Crippen molar-refractivity contribution >= 4 is 33.5 Å². The zero-order chi connectivity index (χ0) is 21.7. The van der Waals surface area contributed by atoms with Crippen molar-refractivity contribution in [2.45, 2.75) is 6.92 Å². The summed E-state index contributed by atoms with van der Waals surface area (Å²) in [5, 5.41) is 0.951. The lowest BCUT2D eigenvalue weighted by Gasteiger charge is -2.11. The van der Waals surface area contributed by atoms with Gasteiger partial charge in [-0.25, -0.2) is 14.4 Å². The average Bonchev–Trinajstić information content (AvgIpc) is 3.17. The summed E-state index contributed by atoms with van der Waals surface area (Å²) in [4.78, 5) is 32.0. The van der Waals surface area contributed by atoms with Crippen LogP contribution in [0, 0.1) is 12.7 Å². The standard InChI is InChI=1S/C22H15ClFN5O2/c1-10-19-16(9-18(23)26-10)27-21(29-19)14-8-12-15(28-22(14)30)5-6-25-20(12)13-7-11(24)3-4-17(13)31-2/h3-9H,1-2H3,(H,27,29)(H,28,30). The molecule has 0 bridgehead atoms. The molecule has 0 aliphatic rings. The van der Waals surface area contributed by atoms with Crippen LogP contribution in [-0.4, -0.2) is 32.0 Å². The van der Waals surface area contributed by atoms with E-state index in [0.29, 0.717) is 61.2 Å². The van der Waals surface area contributed by atoms with Gasteiger partial charge in [-0.2, -0.15) is 0 Å². The van der Waals surface area contributed by atoms with Gasteiger partial charge >= 0.3 is 0 Å². The maximum atomic E-state index is 14.0. The van der Waals surface area contributed by atoms with Crippen LogP contribution in [0.4, 0.5) is 4.39 Å². The minimum atomic E-state index is -0.420. The molecule has 9 heteroatoms. The van der Waals surface area contributed by atoms with E-state index in [2.05, 4.69) is 24.9 Å². The van der Waals surface area contributed by atoms with E-state index in [4.69, 9.17) is 16.3 Å². The Morgan fingerprint density at radius 3 is 2.68 bits per heavy atom. The lowest BCUT2D eigenvalue weighted by atomic mass is 10.0. The van der Waals surface area contributed by atoms with Gasteiger partial charge in [-0.05, 0) is 37.3 Å². The maximum absolute atomic E-state index is 14.0. The second-order valence-electron chi connectivity index (χ2n) is 6.99. The molecule has 0 radical (unpaired) electrons. The van der Waals surface area contributed by atoms with Crippen molar-refractivity contribution in [1.29, 1.82) is 0 Å². The van der Waals surface area contributed by atoms with E-state index in [1.165, 1.54) is 25.3 Å². The highest BCUT2D eigenvalue weighted by molar-refractivity contribution is 6.30. The smallest absolute Gasteiger partial charge is 0.259 e. The molecule has 0 aliphatic carbocycles. The summed E-state index contributed by atoms with van der Waals surface area (Å²) < 4.78 is 19.4. The molecule has 0 fully saturated rings. The number of aromatic amines is 2. The Balaban J connectivity index is 1.78. The predicted molar refractivity (Wildman–Crippen MR) is 117 cm³/mol. The van der Waals surface area contributed by atoms with E-state index < -0.39 is 5.82 Å². The molecule has 4 aromatic heterocycles. The first-order valence-corrected chi connectivity index (χ1v) is 9.71. The van der Waals surface area contributed by atoms with Crippen LogP contribution in [-0.2, 0) is 0 Å². The lowest BCUT2D eigenvalue weighted by Crippen LogP contribution is -2.10. The van der Waals surface area contributed by atoms with Crippen LogP contribution in [0.25, 0.3) is 44.6 Å². The van der Waals surface area contributed by atoms with Crippen LogP contribution < -0.4 is 10.3 Å². The minimum Gasteiger partial charge on any atom is -0.496 e. The first kappa shape index (κ1) is 19.2. The highest BCUT2D eigenvalue weighted by atomic mass is 35.5. The zero-order valence-electron chi connectivity index (χ0n) is 16.5. The molecular weight excluding hydrogens is 421 g/mol. The van der Waals surface area contributed by atoms with Crippen molar-refractivity contribution in [3.63, 3.8) is 0 Å². The summed E-state index contributed by atoms with van der Waals surface area (Å²) in [7, 11) is 1.51. The molecule has 5 aromatic rings. The maximum Gasteiger partial charge on any atom is 0.259 e. The molecule has 7 nitrogen and oxygen atoms in total. The van der Waals surface area contributed by atoms with Crippen LogP contribution in [0.15, 0.2) is 47.4 Å². The summed E-state index contributed by atoms with van der Waals surface area (Å²) in [6, 6.07) is 9.22. The molecule has 4 heterocycles. The molecule has 0 spiro atoms. The number of methoxy groups -OCH3 is 1. The van der Waals surface area contributed by atoms with Crippen molar-refractivity contribution in [2.24, 2.45) is 0 Å². The van der Waals surface area contributed by atoms with Gasteiger partial charge in [0.2, 0.25) is 0 Å². The zero-order valence-corrected chi connectivity index (χ0v) is 17.2. The number of hydrogen-bond acceptors (Lipinski definition) is 5. The highest BCUT2D eigenvalue weighted by Crippen LogP contribution is 2.34. The summed E-state index contributed by atoms with van der Waals surface area (Å²) in [5.41, 5.74) is 3.43. The lowest BCUT2D eigenvalue weighted by molar-refractivity contribution is 0.415. The van der Waals surface area contributed by atoms with Crippen LogP contribution in [0.5, 0.6) is 5.75 Å². The molecule has 5 rings (SSSR count). The third-order valence-electron chi connectivity index (χ3n) is 5.06.